The van der Waals surface area contributed by atoms with E-state index < -0.39 is 58.0 Å². The summed E-state index contributed by atoms with van der Waals surface area (Å²) in [6.07, 6.45) is 0.196. The molecule has 0 bridgehead atoms. The monoisotopic (exact) mass is 551 g/mol. The average Bonchev–Trinajstić information content (AvgIpc) is 3.33. The Bertz CT molecular complexity index is 1500. The molecule has 1 saturated carbocycles. The molecule has 4 atom stereocenters. The molecule has 3 aliphatic carbocycles. The van der Waals surface area contributed by atoms with Crippen molar-refractivity contribution >= 4 is 23.2 Å². The number of carbonyl (C=O) groups excluding carboxylic acids is 3. The topological polar surface area (TPSA) is 187 Å². The number of carbonyl (C=O) groups is 3. The number of phenols is 1. The molecule has 1 aromatic carbocycles. The van der Waals surface area contributed by atoms with Gasteiger partial charge in [-0.2, -0.15) is 0 Å². The Kier molecular flexibility index (Phi) is 6.64. The number of nitrogens with two attached hydrogens (primary N) is 1. The fourth-order valence-corrected chi connectivity index (χ4v) is 6.40. The number of hydrogen-bond acceptors (Lipinski definition) is 10. The molecule has 212 valence electrons. The van der Waals surface area contributed by atoms with Gasteiger partial charge in [0.2, 0.25) is 5.78 Å². The van der Waals surface area contributed by atoms with Crippen LogP contribution in [0, 0.1) is 11.8 Å². The van der Waals surface area contributed by atoms with Crippen LogP contribution in [0.15, 0.2) is 45.6 Å². The number of aliphatic hydroxyl groups excluding tert-OH is 2. The number of phenolic OH excluding ortho intramolecular Hbond substituents is 1. The van der Waals surface area contributed by atoms with Crippen molar-refractivity contribution < 1.29 is 39.2 Å². The quantitative estimate of drug-likeness (QED) is 0.289. The zero-order valence-corrected chi connectivity index (χ0v) is 22.7. The normalized spacial score (nSPS) is 26.3. The van der Waals surface area contributed by atoms with Crippen molar-refractivity contribution in [2.75, 3.05) is 14.1 Å². The summed E-state index contributed by atoms with van der Waals surface area (Å²) < 4.78 is 6.05. The first-order valence-corrected chi connectivity index (χ1v) is 13.1. The van der Waals surface area contributed by atoms with Gasteiger partial charge in [0.05, 0.1) is 18.2 Å². The van der Waals surface area contributed by atoms with E-state index in [0.717, 1.165) is 0 Å². The molecule has 40 heavy (non-hydrogen) atoms. The standard InChI is InChI=1S/C29H33N3O8/c1-12(2)31-11-14-5-8-19(40-14)15-6-7-18(33)21-16(15)9-13-10-17-23(32(3)4)25(35)22(28(30)38)27(37)29(17,39)26(36)20(13)24(21)34/h5-8,12-13,17,23,31,33-34,37,39H,9-11H2,1-4H3,(H2,30,38). The summed E-state index contributed by atoms with van der Waals surface area (Å²) >= 11 is 0. The maximum atomic E-state index is 13.9. The van der Waals surface area contributed by atoms with Gasteiger partial charge >= 0.3 is 0 Å². The summed E-state index contributed by atoms with van der Waals surface area (Å²) in [6.45, 7) is 4.55. The summed E-state index contributed by atoms with van der Waals surface area (Å²) in [5.74, 6) is -5.63. The van der Waals surface area contributed by atoms with Crippen molar-refractivity contribution in [1.29, 1.82) is 0 Å². The highest BCUT2D eigenvalue weighted by Gasteiger charge is 2.64. The molecule has 0 radical (unpaired) electrons. The molecule has 0 spiro atoms. The predicted octanol–water partition coefficient (Wildman–Crippen LogP) is 1.72. The van der Waals surface area contributed by atoms with Gasteiger partial charge in [-0.05, 0) is 62.7 Å². The Morgan fingerprint density at radius 2 is 1.88 bits per heavy atom. The highest BCUT2D eigenvalue weighted by Crippen LogP contribution is 2.53. The van der Waals surface area contributed by atoms with Crippen molar-refractivity contribution in [3.8, 4) is 17.1 Å². The molecule has 1 amide bonds. The number of rotatable bonds is 6. The Morgan fingerprint density at radius 3 is 2.50 bits per heavy atom. The Labute approximate surface area is 230 Å². The number of fused-ring (bicyclic) bond motifs is 3. The number of aromatic hydroxyl groups is 1. The van der Waals surface area contributed by atoms with E-state index in [9.17, 15) is 34.8 Å². The number of likely N-dealkylation sites (N-methyl/N-ethyl adjacent to an activating group) is 1. The number of benzene rings is 1. The third kappa shape index (κ3) is 3.95. The average molecular weight is 552 g/mol. The van der Waals surface area contributed by atoms with E-state index in [1.807, 2.05) is 19.9 Å². The van der Waals surface area contributed by atoms with Crippen LogP contribution in [0.25, 0.3) is 17.1 Å². The minimum atomic E-state index is -2.67. The fraction of sp³-hybridized carbons (Fsp3) is 0.414. The number of hydrogen-bond donors (Lipinski definition) is 6. The van der Waals surface area contributed by atoms with Crippen LogP contribution in [0.2, 0.25) is 0 Å². The number of aliphatic hydroxyl groups is 3. The van der Waals surface area contributed by atoms with Crippen LogP contribution in [0.1, 0.15) is 37.2 Å². The maximum Gasteiger partial charge on any atom is 0.255 e. The lowest BCUT2D eigenvalue weighted by Gasteiger charge is -2.50. The van der Waals surface area contributed by atoms with Gasteiger partial charge in [-0.1, -0.05) is 13.8 Å². The van der Waals surface area contributed by atoms with Crippen LogP contribution < -0.4 is 11.1 Å². The van der Waals surface area contributed by atoms with Gasteiger partial charge < -0.3 is 35.9 Å². The summed E-state index contributed by atoms with van der Waals surface area (Å²) in [5.41, 5.74) is 2.84. The second-order valence-corrected chi connectivity index (χ2v) is 11.2. The van der Waals surface area contributed by atoms with Gasteiger partial charge in [0, 0.05) is 23.1 Å². The molecule has 2 aromatic rings. The SMILES string of the molecule is CC(C)NCc1ccc(-c2ccc(O)c3c2CC2CC4C(N(C)C)C(=O)C(C(N)=O)=C(O)C4(O)C(=O)C2=C3O)o1. The second kappa shape index (κ2) is 9.61. The maximum absolute atomic E-state index is 13.9. The third-order valence-electron chi connectivity index (χ3n) is 8.22. The van der Waals surface area contributed by atoms with Crippen molar-refractivity contribution in [2.45, 2.75) is 50.9 Å². The fourth-order valence-electron chi connectivity index (χ4n) is 6.40. The van der Waals surface area contributed by atoms with E-state index >= 15 is 0 Å². The summed E-state index contributed by atoms with van der Waals surface area (Å²) in [7, 11) is 3.12. The summed E-state index contributed by atoms with van der Waals surface area (Å²) in [6, 6.07) is 5.80. The highest BCUT2D eigenvalue weighted by atomic mass is 16.4. The Balaban J connectivity index is 1.66. The van der Waals surface area contributed by atoms with Gasteiger partial charge in [0.1, 0.15) is 34.4 Å². The van der Waals surface area contributed by atoms with Crippen LogP contribution in [0.5, 0.6) is 5.75 Å². The third-order valence-corrected chi connectivity index (χ3v) is 8.22. The van der Waals surface area contributed by atoms with E-state index in [1.165, 1.54) is 11.0 Å². The lowest BCUT2D eigenvalue weighted by Crippen LogP contribution is -2.65. The highest BCUT2D eigenvalue weighted by molar-refractivity contribution is 6.24. The number of nitrogens with one attached hydrogen (secondary N) is 1. The van der Waals surface area contributed by atoms with Gasteiger partial charge in [0.15, 0.2) is 11.4 Å². The minimum Gasteiger partial charge on any atom is -0.508 e. The van der Waals surface area contributed by atoms with E-state index in [4.69, 9.17) is 10.2 Å². The minimum absolute atomic E-state index is 0.0164. The molecular formula is C29H33N3O8. The molecule has 1 fully saturated rings. The molecule has 0 saturated heterocycles. The predicted molar refractivity (Wildman–Crippen MR) is 144 cm³/mol. The lowest BCUT2D eigenvalue weighted by molar-refractivity contribution is -0.153. The zero-order valence-electron chi connectivity index (χ0n) is 22.7. The van der Waals surface area contributed by atoms with Gasteiger partial charge in [-0.15, -0.1) is 0 Å². The van der Waals surface area contributed by atoms with Crippen molar-refractivity contribution in [2.24, 2.45) is 17.6 Å². The Hall–Kier alpha value is -3.93. The number of ketones is 2. The van der Waals surface area contributed by atoms with Crippen LogP contribution in [0.4, 0.5) is 0 Å². The number of nitrogens with zero attached hydrogens (tertiary/aromatic N) is 1. The molecule has 7 N–H and O–H groups in total. The summed E-state index contributed by atoms with van der Waals surface area (Å²) in [5, 5.41) is 48.1. The van der Waals surface area contributed by atoms with Gasteiger partial charge in [0.25, 0.3) is 5.91 Å². The van der Waals surface area contributed by atoms with Gasteiger partial charge in [-0.3, -0.25) is 19.3 Å². The first-order chi connectivity index (χ1) is 18.8. The molecule has 11 heteroatoms. The first kappa shape index (κ1) is 27.6. The number of amides is 1. The largest absolute Gasteiger partial charge is 0.508 e. The zero-order chi connectivity index (χ0) is 29.3. The second-order valence-electron chi connectivity index (χ2n) is 11.2. The van der Waals surface area contributed by atoms with E-state index in [-0.39, 0.29) is 35.8 Å². The lowest BCUT2D eigenvalue weighted by atomic mass is 9.57. The molecule has 3 aliphatic rings. The smallest absolute Gasteiger partial charge is 0.255 e. The molecule has 4 unspecified atom stereocenters. The van der Waals surface area contributed by atoms with Crippen LogP contribution in [-0.2, 0) is 27.3 Å². The van der Waals surface area contributed by atoms with Crippen LogP contribution >= 0.6 is 0 Å². The number of furan rings is 1. The van der Waals surface area contributed by atoms with Crippen molar-refractivity contribution in [3.05, 3.63) is 58.1 Å². The van der Waals surface area contributed by atoms with Crippen LogP contribution in [0.3, 0.4) is 0 Å². The van der Waals surface area contributed by atoms with E-state index in [2.05, 4.69) is 5.32 Å². The number of primary amides is 1. The first-order valence-electron chi connectivity index (χ1n) is 13.1. The molecule has 5 rings (SSSR count). The Morgan fingerprint density at radius 1 is 1.18 bits per heavy atom. The number of Topliss-reactive ketones (excluding diaryl/α,β-unsaturated/α-hetero) is 2. The summed E-state index contributed by atoms with van der Waals surface area (Å²) in [4.78, 5) is 40.7. The molecule has 1 heterocycles. The van der Waals surface area contributed by atoms with E-state index in [0.29, 0.717) is 29.2 Å². The van der Waals surface area contributed by atoms with Crippen molar-refractivity contribution in [3.63, 3.8) is 0 Å². The van der Waals surface area contributed by atoms with E-state index in [1.54, 1.807) is 26.2 Å². The molecule has 1 aromatic heterocycles. The van der Waals surface area contributed by atoms with Gasteiger partial charge in [-0.25, -0.2) is 0 Å². The van der Waals surface area contributed by atoms with Crippen LogP contribution in [-0.4, -0.2) is 74.6 Å². The molecular weight excluding hydrogens is 518 g/mol. The molecule has 11 nitrogen and oxygen atoms in total. The van der Waals surface area contributed by atoms with Crippen molar-refractivity contribution in [1.82, 2.24) is 10.2 Å². The molecule has 0 aliphatic heterocycles.